The summed E-state index contributed by atoms with van der Waals surface area (Å²) in [4.78, 5) is 12.3. The van der Waals surface area contributed by atoms with E-state index in [0.717, 1.165) is 0 Å². The van der Waals surface area contributed by atoms with Crippen molar-refractivity contribution in [3.8, 4) is 6.07 Å². The van der Waals surface area contributed by atoms with E-state index in [-0.39, 0.29) is 6.54 Å². The average Bonchev–Trinajstić information content (AvgIpc) is 1.84. The van der Waals surface area contributed by atoms with Crippen molar-refractivity contribution in [1.82, 2.24) is 4.90 Å². The van der Waals surface area contributed by atoms with E-state index in [4.69, 9.17) is 10.00 Å². The van der Waals surface area contributed by atoms with Gasteiger partial charge in [0.25, 0.3) is 0 Å². The zero-order valence-electron chi connectivity index (χ0n) is 7.92. The van der Waals surface area contributed by atoms with Crippen LogP contribution in [-0.4, -0.2) is 30.2 Å². The van der Waals surface area contributed by atoms with Crippen LogP contribution in [0.1, 0.15) is 20.8 Å². The van der Waals surface area contributed by atoms with Gasteiger partial charge < -0.3 is 4.74 Å². The molecule has 0 unspecified atom stereocenters. The molecule has 0 heterocycles. The molecule has 0 aliphatic carbocycles. The third kappa shape index (κ3) is 4.56. The predicted molar refractivity (Wildman–Crippen MR) is 44.5 cm³/mol. The molecule has 0 spiro atoms. The largest absolute Gasteiger partial charge is 0.444 e. The lowest BCUT2D eigenvalue weighted by Crippen LogP contribution is -2.34. The molecule has 0 aromatic rings. The number of nitriles is 1. The maximum atomic E-state index is 11.1. The maximum absolute atomic E-state index is 11.1. The number of amides is 1. The molecule has 0 aliphatic heterocycles. The summed E-state index contributed by atoms with van der Waals surface area (Å²) in [6.07, 6.45) is -0.468. The van der Waals surface area contributed by atoms with Crippen molar-refractivity contribution in [2.75, 3.05) is 13.6 Å². The summed E-state index contributed by atoms with van der Waals surface area (Å²) in [6, 6.07) is 1.86. The molecular weight excluding hydrogens is 156 g/mol. The standard InChI is InChI=1S/C8H14N2O2/c1-8(2,3)12-7(11)10(4)6-5-9/h6H2,1-4H3. The van der Waals surface area contributed by atoms with E-state index in [0.29, 0.717) is 0 Å². The Morgan fingerprint density at radius 3 is 2.42 bits per heavy atom. The van der Waals surface area contributed by atoms with E-state index in [1.807, 2.05) is 6.07 Å². The fourth-order valence-corrected chi connectivity index (χ4v) is 0.510. The van der Waals surface area contributed by atoms with E-state index >= 15 is 0 Å². The molecule has 1 amide bonds. The van der Waals surface area contributed by atoms with Gasteiger partial charge in [0.15, 0.2) is 0 Å². The fraction of sp³-hybridized carbons (Fsp3) is 0.750. The van der Waals surface area contributed by atoms with Gasteiger partial charge in [-0.1, -0.05) is 0 Å². The van der Waals surface area contributed by atoms with Gasteiger partial charge >= 0.3 is 6.09 Å². The van der Waals surface area contributed by atoms with Crippen LogP contribution in [0.2, 0.25) is 0 Å². The Morgan fingerprint density at radius 1 is 1.58 bits per heavy atom. The molecule has 68 valence electrons. The number of hydrogen-bond donors (Lipinski definition) is 0. The summed E-state index contributed by atoms with van der Waals surface area (Å²) < 4.78 is 4.99. The lowest BCUT2D eigenvalue weighted by Gasteiger charge is -2.22. The second kappa shape index (κ2) is 3.96. The van der Waals surface area contributed by atoms with Gasteiger partial charge in [0.1, 0.15) is 12.1 Å². The van der Waals surface area contributed by atoms with E-state index in [9.17, 15) is 4.79 Å². The highest BCUT2D eigenvalue weighted by Crippen LogP contribution is 2.08. The molecule has 0 N–H and O–H groups in total. The Labute approximate surface area is 72.7 Å². The highest BCUT2D eigenvalue weighted by atomic mass is 16.6. The molecule has 0 fully saturated rings. The molecule has 0 saturated heterocycles. The van der Waals surface area contributed by atoms with Crippen molar-refractivity contribution in [3.05, 3.63) is 0 Å². The lowest BCUT2D eigenvalue weighted by atomic mass is 10.2. The van der Waals surface area contributed by atoms with E-state index < -0.39 is 11.7 Å². The van der Waals surface area contributed by atoms with Gasteiger partial charge in [0.05, 0.1) is 6.07 Å². The maximum Gasteiger partial charge on any atom is 0.410 e. The molecule has 4 nitrogen and oxygen atoms in total. The summed E-state index contributed by atoms with van der Waals surface area (Å²) in [7, 11) is 1.53. The minimum Gasteiger partial charge on any atom is -0.444 e. The highest BCUT2D eigenvalue weighted by molar-refractivity contribution is 5.67. The number of ether oxygens (including phenoxy) is 1. The van der Waals surface area contributed by atoms with Gasteiger partial charge in [-0.15, -0.1) is 0 Å². The van der Waals surface area contributed by atoms with Crippen LogP contribution >= 0.6 is 0 Å². The van der Waals surface area contributed by atoms with Gasteiger partial charge in [-0.05, 0) is 20.8 Å². The molecule has 0 aliphatic rings. The van der Waals surface area contributed by atoms with Crippen LogP contribution in [0.5, 0.6) is 0 Å². The van der Waals surface area contributed by atoms with Crippen molar-refractivity contribution >= 4 is 6.09 Å². The number of nitrogens with zero attached hydrogens (tertiary/aromatic N) is 2. The second-order valence-corrected chi connectivity index (χ2v) is 3.49. The van der Waals surface area contributed by atoms with Crippen LogP contribution in [0.15, 0.2) is 0 Å². The van der Waals surface area contributed by atoms with Crippen molar-refractivity contribution in [2.24, 2.45) is 0 Å². The summed E-state index contributed by atoms with van der Waals surface area (Å²) in [5.74, 6) is 0. The SMILES string of the molecule is CN(CC#N)C(=O)OC(C)(C)C. The smallest absolute Gasteiger partial charge is 0.410 e. The van der Waals surface area contributed by atoms with Gasteiger partial charge in [0, 0.05) is 7.05 Å². The first-order valence-electron chi connectivity index (χ1n) is 3.68. The quantitative estimate of drug-likeness (QED) is 0.558. The van der Waals surface area contributed by atoms with Crippen LogP contribution in [-0.2, 0) is 4.74 Å². The Balaban J connectivity index is 3.98. The van der Waals surface area contributed by atoms with Gasteiger partial charge in [-0.25, -0.2) is 4.79 Å². The molecule has 0 saturated carbocycles. The molecule has 0 aromatic heterocycles. The Morgan fingerprint density at radius 2 is 2.08 bits per heavy atom. The molecule has 12 heavy (non-hydrogen) atoms. The average molecular weight is 170 g/mol. The van der Waals surface area contributed by atoms with E-state index in [2.05, 4.69) is 0 Å². The molecule has 4 heteroatoms. The minimum atomic E-state index is -0.499. The van der Waals surface area contributed by atoms with Crippen molar-refractivity contribution in [3.63, 3.8) is 0 Å². The Bertz CT molecular complexity index is 200. The fourth-order valence-electron chi connectivity index (χ4n) is 0.510. The Kier molecular flexibility index (Phi) is 3.55. The molecule has 0 radical (unpaired) electrons. The lowest BCUT2D eigenvalue weighted by molar-refractivity contribution is 0.0320. The van der Waals surface area contributed by atoms with E-state index in [1.165, 1.54) is 11.9 Å². The van der Waals surface area contributed by atoms with Crippen LogP contribution < -0.4 is 0 Å². The third-order valence-electron chi connectivity index (χ3n) is 1.01. The number of hydrogen-bond acceptors (Lipinski definition) is 3. The summed E-state index contributed by atoms with van der Waals surface area (Å²) in [5.41, 5.74) is -0.499. The monoisotopic (exact) mass is 170 g/mol. The van der Waals surface area contributed by atoms with Crippen molar-refractivity contribution in [1.29, 1.82) is 5.26 Å². The zero-order valence-corrected chi connectivity index (χ0v) is 7.92. The van der Waals surface area contributed by atoms with Crippen LogP contribution in [0.4, 0.5) is 4.79 Å². The summed E-state index contributed by atoms with van der Waals surface area (Å²) in [6.45, 7) is 5.40. The van der Waals surface area contributed by atoms with Crippen molar-refractivity contribution < 1.29 is 9.53 Å². The molecule has 0 bridgehead atoms. The normalized spacial score (nSPS) is 10.2. The van der Waals surface area contributed by atoms with Gasteiger partial charge in [-0.3, -0.25) is 4.90 Å². The topological polar surface area (TPSA) is 53.3 Å². The molecule has 0 atom stereocenters. The first-order valence-corrected chi connectivity index (χ1v) is 3.68. The van der Waals surface area contributed by atoms with E-state index in [1.54, 1.807) is 20.8 Å². The Hall–Kier alpha value is -1.24. The van der Waals surface area contributed by atoms with Crippen LogP contribution in [0.3, 0.4) is 0 Å². The number of rotatable bonds is 1. The third-order valence-corrected chi connectivity index (χ3v) is 1.01. The van der Waals surface area contributed by atoms with Gasteiger partial charge in [0.2, 0.25) is 0 Å². The van der Waals surface area contributed by atoms with Gasteiger partial charge in [-0.2, -0.15) is 5.26 Å². The van der Waals surface area contributed by atoms with Crippen LogP contribution in [0.25, 0.3) is 0 Å². The predicted octanol–water partition coefficient (Wildman–Crippen LogP) is 1.38. The second-order valence-electron chi connectivity index (χ2n) is 3.49. The molecular formula is C8H14N2O2. The number of carbonyl (C=O) groups excluding carboxylic acids is 1. The molecule has 0 aromatic carbocycles. The highest BCUT2D eigenvalue weighted by Gasteiger charge is 2.18. The zero-order chi connectivity index (χ0) is 9.78. The number of carbonyl (C=O) groups is 1. The first-order chi connectivity index (χ1) is 5.37. The summed E-state index contributed by atoms with van der Waals surface area (Å²) in [5, 5.41) is 8.28. The minimum absolute atomic E-state index is 0.0505. The summed E-state index contributed by atoms with van der Waals surface area (Å²) >= 11 is 0. The van der Waals surface area contributed by atoms with Crippen molar-refractivity contribution in [2.45, 2.75) is 26.4 Å². The first kappa shape index (κ1) is 10.8. The van der Waals surface area contributed by atoms with Crippen LogP contribution in [0, 0.1) is 11.3 Å². The molecule has 0 rings (SSSR count).